The number of rotatable bonds is 8. The molecule has 6 nitrogen and oxygen atoms in total. The van der Waals surface area contributed by atoms with E-state index in [0.29, 0.717) is 18.2 Å². The number of carboxylic acids is 1. The molecule has 27 heavy (non-hydrogen) atoms. The van der Waals surface area contributed by atoms with Crippen LogP contribution in [0.15, 0.2) is 59.8 Å². The van der Waals surface area contributed by atoms with Gasteiger partial charge in [-0.15, -0.1) is 10.2 Å². The number of thioether (sulfide) groups is 1. The van der Waals surface area contributed by atoms with Crippen molar-refractivity contribution >= 4 is 17.7 Å². The van der Waals surface area contributed by atoms with Crippen LogP contribution >= 0.6 is 11.8 Å². The second kappa shape index (κ2) is 8.73. The number of aliphatic carboxylic acids is 1. The Morgan fingerprint density at radius 2 is 1.85 bits per heavy atom. The van der Waals surface area contributed by atoms with Crippen molar-refractivity contribution in [1.82, 2.24) is 14.8 Å². The van der Waals surface area contributed by atoms with E-state index in [1.54, 1.807) is 6.92 Å². The lowest BCUT2D eigenvalue weighted by molar-refractivity contribution is -0.136. The van der Waals surface area contributed by atoms with E-state index in [2.05, 4.69) is 10.2 Å². The van der Waals surface area contributed by atoms with E-state index >= 15 is 0 Å². The zero-order chi connectivity index (χ0) is 19.2. The molecule has 140 valence electrons. The highest BCUT2D eigenvalue weighted by atomic mass is 32.2. The van der Waals surface area contributed by atoms with Crippen LogP contribution in [-0.2, 0) is 11.2 Å². The highest BCUT2D eigenvalue weighted by Crippen LogP contribution is 2.27. The van der Waals surface area contributed by atoms with Crippen LogP contribution in [0, 0.1) is 0 Å². The highest BCUT2D eigenvalue weighted by molar-refractivity contribution is 8.00. The van der Waals surface area contributed by atoms with Crippen molar-refractivity contribution in [3.8, 4) is 11.4 Å². The van der Waals surface area contributed by atoms with Crippen molar-refractivity contribution in [3.05, 3.63) is 66.0 Å². The van der Waals surface area contributed by atoms with Crippen molar-refractivity contribution in [2.24, 2.45) is 0 Å². The van der Waals surface area contributed by atoms with E-state index < -0.39 is 11.2 Å². The molecule has 1 aromatic heterocycles. The summed E-state index contributed by atoms with van der Waals surface area (Å²) in [5.41, 5.74) is 1.98. The molecular formula is C20H21N3O3S. The Morgan fingerprint density at radius 3 is 2.48 bits per heavy atom. The predicted octanol–water partition coefficient (Wildman–Crippen LogP) is 3.82. The number of carboxylic acid groups (broad SMARTS) is 1. The second-order valence-electron chi connectivity index (χ2n) is 5.92. The molecule has 0 aliphatic rings. The highest BCUT2D eigenvalue weighted by Gasteiger charge is 2.20. The van der Waals surface area contributed by atoms with Gasteiger partial charge in [-0.05, 0) is 43.7 Å². The lowest BCUT2D eigenvalue weighted by Gasteiger charge is -2.12. The van der Waals surface area contributed by atoms with Gasteiger partial charge in [0.25, 0.3) is 0 Å². The summed E-state index contributed by atoms with van der Waals surface area (Å²) in [5, 5.41) is 17.8. The van der Waals surface area contributed by atoms with Crippen LogP contribution in [0.3, 0.4) is 0 Å². The third-order valence-electron chi connectivity index (χ3n) is 3.94. The summed E-state index contributed by atoms with van der Waals surface area (Å²) < 4.78 is 7.40. The van der Waals surface area contributed by atoms with Crippen LogP contribution in [0.5, 0.6) is 5.75 Å². The Labute approximate surface area is 162 Å². The summed E-state index contributed by atoms with van der Waals surface area (Å²) >= 11 is 1.18. The third kappa shape index (κ3) is 4.68. The monoisotopic (exact) mass is 383 g/mol. The minimum Gasteiger partial charge on any atom is -0.494 e. The average molecular weight is 383 g/mol. The summed E-state index contributed by atoms with van der Waals surface area (Å²) in [4.78, 5) is 11.2. The maximum Gasteiger partial charge on any atom is 0.316 e. The molecule has 1 N–H and O–H groups in total. The SMILES string of the molecule is CCOc1ccc(Cc2nnc(SC(C)C(=O)O)n2-c2ccccc2)cc1. The van der Waals surface area contributed by atoms with E-state index in [9.17, 15) is 9.90 Å². The Hall–Kier alpha value is -2.80. The minimum atomic E-state index is -0.879. The van der Waals surface area contributed by atoms with Gasteiger partial charge in [-0.1, -0.05) is 42.1 Å². The Bertz CT molecular complexity index is 895. The molecule has 0 saturated heterocycles. The lowest BCUT2D eigenvalue weighted by Crippen LogP contribution is -2.13. The molecule has 1 unspecified atom stereocenters. The molecule has 0 aliphatic carbocycles. The molecule has 3 aromatic rings. The van der Waals surface area contributed by atoms with Gasteiger partial charge in [-0.3, -0.25) is 9.36 Å². The minimum absolute atomic E-state index is 0.567. The Balaban J connectivity index is 1.92. The van der Waals surface area contributed by atoms with Gasteiger partial charge < -0.3 is 9.84 Å². The van der Waals surface area contributed by atoms with E-state index in [1.807, 2.05) is 66.1 Å². The standard InChI is InChI=1S/C20H21N3O3S/c1-3-26-17-11-9-15(10-12-17)13-18-21-22-20(27-14(2)19(24)25)23(18)16-7-5-4-6-8-16/h4-12,14H,3,13H2,1-2H3,(H,24,25). The van der Waals surface area contributed by atoms with E-state index in [1.165, 1.54) is 11.8 Å². The summed E-state index contributed by atoms with van der Waals surface area (Å²) in [6.45, 7) is 4.22. The lowest BCUT2D eigenvalue weighted by atomic mass is 10.1. The van der Waals surface area contributed by atoms with Crippen molar-refractivity contribution < 1.29 is 14.6 Å². The van der Waals surface area contributed by atoms with Gasteiger partial charge in [-0.25, -0.2) is 0 Å². The van der Waals surface area contributed by atoms with Crippen LogP contribution in [0.25, 0.3) is 5.69 Å². The Morgan fingerprint density at radius 1 is 1.15 bits per heavy atom. The van der Waals surface area contributed by atoms with Gasteiger partial charge in [0.1, 0.15) is 16.8 Å². The van der Waals surface area contributed by atoms with Crippen molar-refractivity contribution in [3.63, 3.8) is 0 Å². The fraction of sp³-hybridized carbons (Fsp3) is 0.250. The molecule has 0 fully saturated rings. The van der Waals surface area contributed by atoms with Crippen molar-refractivity contribution in [2.75, 3.05) is 6.61 Å². The molecule has 3 rings (SSSR count). The van der Waals surface area contributed by atoms with E-state index in [0.717, 1.165) is 22.8 Å². The quantitative estimate of drug-likeness (QED) is 0.596. The summed E-state index contributed by atoms with van der Waals surface area (Å²) in [6.07, 6.45) is 0.580. The first-order valence-electron chi connectivity index (χ1n) is 8.69. The summed E-state index contributed by atoms with van der Waals surface area (Å²) in [6, 6.07) is 17.6. The number of carbonyl (C=O) groups is 1. The van der Waals surface area contributed by atoms with Crippen molar-refractivity contribution in [2.45, 2.75) is 30.7 Å². The molecule has 0 radical (unpaired) electrons. The second-order valence-corrected chi connectivity index (χ2v) is 7.23. The molecule has 1 atom stereocenters. The van der Waals surface area contributed by atoms with E-state index in [4.69, 9.17) is 4.74 Å². The van der Waals surface area contributed by atoms with Gasteiger partial charge in [0.2, 0.25) is 0 Å². The number of aromatic nitrogens is 3. The topological polar surface area (TPSA) is 77.2 Å². The number of ether oxygens (including phenoxy) is 1. The van der Waals surface area contributed by atoms with Crippen LogP contribution in [0.1, 0.15) is 25.2 Å². The molecule has 0 bridgehead atoms. The molecular weight excluding hydrogens is 362 g/mol. The van der Waals surface area contributed by atoms with Crippen LogP contribution in [-0.4, -0.2) is 37.7 Å². The number of para-hydroxylation sites is 1. The molecule has 2 aromatic carbocycles. The van der Waals surface area contributed by atoms with Gasteiger partial charge in [0.05, 0.1) is 6.61 Å². The first-order chi connectivity index (χ1) is 13.1. The largest absolute Gasteiger partial charge is 0.494 e. The van der Waals surface area contributed by atoms with Crippen LogP contribution in [0.4, 0.5) is 0 Å². The predicted molar refractivity (Wildman–Crippen MR) is 105 cm³/mol. The fourth-order valence-corrected chi connectivity index (χ4v) is 3.41. The third-order valence-corrected chi connectivity index (χ3v) is 4.97. The first-order valence-corrected chi connectivity index (χ1v) is 9.57. The molecule has 7 heteroatoms. The smallest absolute Gasteiger partial charge is 0.316 e. The van der Waals surface area contributed by atoms with E-state index in [-0.39, 0.29) is 0 Å². The van der Waals surface area contributed by atoms with Crippen LogP contribution < -0.4 is 4.74 Å². The van der Waals surface area contributed by atoms with Crippen LogP contribution in [0.2, 0.25) is 0 Å². The molecule has 0 aliphatic heterocycles. The Kier molecular flexibility index (Phi) is 6.13. The molecule has 0 spiro atoms. The number of hydrogen-bond acceptors (Lipinski definition) is 5. The van der Waals surface area contributed by atoms with Gasteiger partial charge in [0, 0.05) is 12.1 Å². The maximum atomic E-state index is 11.2. The number of nitrogens with zero attached hydrogens (tertiary/aromatic N) is 3. The zero-order valence-corrected chi connectivity index (χ0v) is 16.0. The molecule has 0 saturated carbocycles. The maximum absolute atomic E-state index is 11.2. The van der Waals surface area contributed by atoms with Gasteiger partial charge in [0.15, 0.2) is 5.16 Å². The zero-order valence-electron chi connectivity index (χ0n) is 15.2. The number of hydrogen-bond donors (Lipinski definition) is 1. The van der Waals surface area contributed by atoms with Gasteiger partial charge in [-0.2, -0.15) is 0 Å². The summed E-state index contributed by atoms with van der Waals surface area (Å²) in [5.74, 6) is 0.707. The molecule has 1 heterocycles. The summed E-state index contributed by atoms with van der Waals surface area (Å²) in [7, 11) is 0. The number of benzene rings is 2. The van der Waals surface area contributed by atoms with Gasteiger partial charge >= 0.3 is 5.97 Å². The first kappa shape index (κ1) is 19.0. The normalized spacial score (nSPS) is 11.9. The average Bonchev–Trinajstić information content (AvgIpc) is 3.06. The fourth-order valence-electron chi connectivity index (χ4n) is 2.59. The van der Waals surface area contributed by atoms with Crippen molar-refractivity contribution in [1.29, 1.82) is 0 Å². The molecule has 0 amide bonds.